The van der Waals surface area contributed by atoms with Gasteiger partial charge in [0, 0.05) is 31.1 Å². The Balaban J connectivity index is 1.49. The number of aryl methyl sites for hydroxylation is 1. The molecule has 0 spiro atoms. The fourth-order valence-corrected chi connectivity index (χ4v) is 5.56. The Hall–Kier alpha value is -4.73. The van der Waals surface area contributed by atoms with Gasteiger partial charge in [0.25, 0.3) is 0 Å². The molecule has 0 aliphatic heterocycles. The summed E-state index contributed by atoms with van der Waals surface area (Å²) in [6.07, 6.45) is 3.97. The molecular weight excluding hydrogens is 562 g/mol. The third-order valence-electron chi connectivity index (χ3n) is 7.69. The van der Waals surface area contributed by atoms with E-state index in [0.29, 0.717) is 54.3 Å². The van der Waals surface area contributed by atoms with Crippen LogP contribution in [0, 0.1) is 0 Å². The molecule has 10 heteroatoms. The second kappa shape index (κ2) is 15.1. The molecule has 44 heavy (non-hydrogen) atoms. The van der Waals surface area contributed by atoms with Crippen LogP contribution < -0.4 is 40.3 Å². The average Bonchev–Trinajstić information content (AvgIpc) is 3.26. The number of hydrogen-bond acceptors (Lipinski definition) is 8. The first-order chi connectivity index (χ1) is 21.3. The summed E-state index contributed by atoms with van der Waals surface area (Å²) in [6.45, 7) is 2.05. The Morgan fingerprint density at radius 1 is 0.864 bits per heavy atom. The molecule has 10 nitrogen and oxygen atoms in total. The highest BCUT2D eigenvalue weighted by Crippen LogP contribution is 2.50. The first-order valence-corrected chi connectivity index (χ1v) is 14.7. The largest absolute Gasteiger partial charge is 0.497 e. The molecule has 234 valence electrons. The summed E-state index contributed by atoms with van der Waals surface area (Å²) in [4.78, 5) is 37.9. The molecule has 1 aliphatic carbocycles. The summed E-state index contributed by atoms with van der Waals surface area (Å²) in [6, 6.07) is 14.1. The van der Waals surface area contributed by atoms with E-state index in [1.807, 2.05) is 12.1 Å². The summed E-state index contributed by atoms with van der Waals surface area (Å²) in [7, 11) is 6.31. The number of carbonyl (C=O) groups excluding carboxylic acids is 2. The van der Waals surface area contributed by atoms with E-state index in [-0.39, 0.29) is 23.3 Å². The highest BCUT2D eigenvalue weighted by atomic mass is 16.5. The van der Waals surface area contributed by atoms with Crippen LogP contribution in [0.15, 0.2) is 53.3 Å². The molecule has 0 unspecified atom stereocenters. The van der Waals surface area contributed by atoms with Crippen LogP contribution in [0.25, 0.3) is 11.1 Å². The maximum atomic E-state index is 13.4. The molecule has 0 saturated carbocycles. The first-order valence-electron chi connectivity index (χ1n) is 14.7. The fraction of sp³-hybridized carbons (Fsp3) is 0.382. The van der Waals surface area contributed by atoms with Gasteiger partial charge in [-0.05, 0) is 84.8 Å². The van der Waals surface area contributed by atoms with E-state index in [9.17, 15) is 14.4 Å². The summed E-state index contributed by atoms with van der Waals surface area (Å²) in [5, 5.41) is 9.19. The number of hydrogen-bond donors (Lipinski definition) is 3. The summed E-state index contributed by atoms with van der Waals surface area (Å²) in [5.41, 5.74) is 4.28. The fourth-order valence-electron chi connectivity index (χ4n) is 5.56. The number of anilines is 2. The van der Waals surface area contributed by atoms with Gasteiger partial charge in [-0.3, -0.25) is 14.4 Å². The Bertz CT molecular complexity index is 1540. The Morgan fingerprint density at radius 2 is 1.61 bits per heavy atom. The van der Waals surface area contributed by atoms with Gasteiger partial charge >= 0.3 is 0 Å². The lowest BCUT2D eigenvalue weighted by molar-refractivity contribution is -0.119. The Morgan fingerprint density at radius 3 is 2.27 bits per heavy atom. The van der Waals surface area contributed by atoms with Crippen molar-refractivity contribution in [3.8, 4) is 34.1 Å². The quantitative estimate of drug-likeness (QED) is 0.219. The molecule has 0 saturated heterocycles. The zero-order valence-electron chi connectivity index (χ0n) is 26.0. The van der Waals surface area contributed by atoms with E-state index in [1.54, 1.807) is 64.8 Å². The molecule has 3 aromatic rings. The van der Waals surface area contributed by atoms with Crippen LogP contribution in [-0.4, -0.2) is 46.8 Å². The predicted octanol–water partition coefficient (Wildman–Crippen LogP) is 5.48. The van der Waals surface area contributed by atoms with Crippen LogP contribution in [-0.2, 0) is 16.0 Å². The van der Waals surface area contributed by atoms with Gasteiger partial charge < -0.3 is 34.9 Å². The van der Waals surface area contributed by atoms with Crippen molar-refractivity contribution in [2.45, 2.75) is 51.5 Å². The van der Waals surface area contributed by atoms with Crippen molar-refractivity contribution in [3.63, 3.8) is 0 Å². The van der Waals surface area contributed by atoms with Crippen LogP contribution in [0.2, 0.25) is 0 Å². The van der Waals surface area contributed by atoms with E-state index >= 15 is 0 Å². The number of unbranched alkanes of at least 4 members (excludes halogenated alkanes) is 2. The van der Waals surface area contributed by atoms with Crippen molar-refractivity contribution in [1.82, 2.24) is 5.32 Å². The van der Waals surface area contributed by atoms with Crippen molar-refractivity contribution < 1.29 is 28.5 Å². The van der Waals surface area contributed by atoms with Crippen molar-refractivity contribution in [2.24, 2.45) is 0 Å². The topological polar surface area (TPSA) is 124 Å². The maximum Gasteiger partial charge on any atom is 0.224 e. The van der Waals surface area contributed by atoms with Crippen LogP contribution in [0.5, 0.6) is 23.0 Å². The number of fused-ring (bicyclic) bond motifs is 3. The lowest BCUT2D eigenvalue weighted by Crippen LogP contribution is -2.26. The Labute approximate surface area is 258 Å². The predicted molar refractivity (Wildman–Crippen MR) is 171 cm³/mol. The molecule has 3 N–H and O–H groups in total. The van der Waals surface area contributed by atoms with Crippen LogP contribution in [0.4, 0.5) is 11.4 Å². The molecule has 4 rings (SSSR count). The van der Waals surface area contributed by atoms with Gasteiger partial charge in [0.15, 0.2) is 11.5 Å². The van der Waals surface area contributed by atoms with Gasteiger partial charge in [0.2, 0.25) is 23.0 Å². The van der Waals surface area contributed by atoms with Gasteiger partial charge in [-0.1, -0.05) is 12.5 Å². The number of carbonyl (C=O) groups is 2. The highest BCUT2D eigenvalue weighted by molar-refractivity contribution is 5.90. The highest BCUT2D eigenvalue weighted by Gasteiger charge is 2.29. The van der Waals surface area contributed by atoms with Gasteiger partial charge in [0.1, 0.15) is 5.75 Å². The molecule has 0 fully saturated rings. The molecule has 0 heterocycles. The SMILES string of the molecule is COc1ccc(NC(=O)CCCCCNc2ccc3c(cc2=O)[C@H](NC(C)=O)CCc2cc(OC)c(OC)c(OC)c2-3)cc1. The van der Waals surface area contributed by atoms with Crippen LogP contribution in [0.3, 0.4) is 0 Å². The zero-order chi connectivity index (χ0) is 31.6. The second-order valence-electron chi connectivity index (χ2n) is 10.6. The first kappa shape index (κ1) is 32.2. The Kier molecular flexibility index (Phi) is 11.1. The maximum absolute atomic E-state index is 13.4. The number of nitrogens with one attached hydrogen (secondary N) is 3. The second-order valence-corrected chi connectivity index (χ2v) is 10.6. The average molecular weight is 604 g/mol. The molecule has 0 bridgehead atoms. The van der Waals surface area contributed by atoms with Gasteiger partial charge in [0.05, 0.1) is 40.2 Å². The molecule has 3 aromatic carbocycles. The molecule has 1 atom stereocenters. The summed E-state index contributed by atoms with van der Waals surface area (Å²) in [5.74, 6) is 2.04. The van der Waals surface area contributed by atoms with E-state index in [0.717, 1.165) is 47.4 Å². The van der Waals surface area contributed by atoms with E-state index in [2.05, 4.69) is 16.0 Å². The van der Waals surface area contributed by atoms with Crippen LogP contribution in [0.1, 0.15) is 56.2 Å². The third kappa shape index (κ3) is 7.61. The van der Waals surface area contributed by atoms with E-state index in [1.165, 1.54) is 6.92 Å². The van der Waals surface area contributed by atoms with Gasteiger partial charge in [-0.2, -0.15) is 0 Å². The number of rotatable bonds is 13. The monoisotopic (exact) mass is 603 g/mol. The van der Waals surface area contributed by atoms with Gasteiger partial charge in [-0.15, -0.1) is 0 Å². The minimum atomic E-state index is -0.367. The smallest absolute Gasteiger partial charge is 0.224 e. The van der Waals surface area contributed by atoms with Crippen molar-refractivity contribution in [3.05, 3.63) is 69.9 Å². The number of benzene rings is 2. The molecule has 0 radical (unpaired) electrons. The minimum Gasteiger partial charge on any atom is -0.497 e. The molecule has 1 aliphatic rings. The minimum absolute atomic E-state index is 0.0414. The van der Waals surface area contributed by atoms with Crippen molar-refractivity contribution in [2.75, 3.05) is 45.6 Å². The molecular formula is C34H41N3O7. The van der Waals surface area contributed by atoms with E-state index in [4.69, 9.17) is 18.9 Å². The summed E-state index contributed by atoms with van der Waals surface area (Å²) >= 11 is 0. The third-order valence-corrected chi connectivity index (χ3v) is 7.69. The number of amides is 2. The normalized spacial score (nSPS) is 13.4. The molecule has 0 aromatic heterocycles. The van der Waals surface area contributed by atoms with Gasteiger partial charge in [-0.25, -0.2) is 0 Å². The lowest BCUT2D eigenvalue weighted by atomic mass is 9.95. The number of ether oxygens (including phenoxy) is 4. The summed E-state index contributed by atoms with van der Waals surface area (Å²) < 4.78 is 22.2. The van der Waals surface area contributed by atoms with Crippen LogP contribution >= 0.6 is 0 Å². The number of methoxy groups -OCH3 is 4. The standard InChI is InChI=1S/C34H41N3O7/c1-21(38)36-27-16-10-22-19-30(42-3)33(43-4)34(44-5)32(22)25-15-17-28(29(39)20-26(25)27)35-18-8-6-7-9-31(40)37-23-11-13-24(41-2)14-12-23/h11-15,17,19-20,27H,6-10,16,18H2,1-5H3,(H,35,39)(H,36,38)(H,37,40)/t27-/m1/s1. The van der Waals surface area contributed by atoms with Crippen molar-refractivity contribution in [1.29, 1.82) is 0 Å². The van der Waals surface area contributed by atoms with Crippen molar-refractivity contribution >= 4 is 23.2 Å². The zero-order valence-corrected chi connectivity index (χ0v) is 26.0. The molecule has 2 amide bonds. The lowest BCUT2D eigenvalue weighted by Gasteiger charge is -2.19. The van der Waals surface area contributed by atoms with E-state index < -0.39 is 0 Å².